The maximum Gasteiger partial charge on any atom is 0.309 e. The van der Waals surface area contributed by atoms with Gasteiger partial charge in [-0.1, -0.05) is 12.7 Å². The molecule has 2 amide bonds. The van der Waals surface area contributed by atoms with E-state index in [2.05, 4.69) is 29.9 Å². The molecule has 0 heterocycles. The van der Waals surface area contributed by atoms with Crippen LogP contribution in [0.15, 0.2) is 24.9 Å². The fourth-order valence-corrected chi connectivity index (χ4v) is 0.388. The van der Waals surface area contributed by atoms with Crippen molar-refractivity contribution in [1.29, 1.82) is 0 Å². The van der Waals surface area contributed by atoms with Gasteiger partial charge in [0, 0.05) is 12.2 Å². The molecule has 12 heavy (non-hydrogen) atoms. The topological polar surface area (TPSA) is 81.1 Å². The highest BCUT2D eigenvalue weighted by Crippen LogP contribution is 1.80. The summed E-state index contributed by atoms with van der Waals surface area (Å²) >= 11 is 0. The number of carbonyl (C=O) groups is 1. The molecule has 0 aromatic heterocycles. The number of urea groups is 1. The van der Waals surface area contributed by atoms with Crippen molar-refractivity contribution < 1.29 is 4.79 Å². The van der Waals surface area contributed by atoms with E-state index in [1.165, 1.54) is 0 Å². The van der Waals surface area contributed by atoms with Crippen molar-refractivity contribution in [3.8, 4) is 0 Å². The Bertz CT molecular complexity index is 150. The van der Waals surface area contributed by atoms with Crippen molar-refractivity contribution in [3.63, 3.8) is 0 Å². The van der Waals surface area contributed by atoms with Crippen LogP contribution in [0.4, 0.5) is 4.79 Å². The van der Waals surface area contributed by atoms with Crippen LogP contribution in [0.5, 0.6) is 0 Å². The lowest BCUT2D eigenvalue weighted by molar-refractivity contribution is 0.256. The maximum atomic E-state index is 9.00. The summed E-state index contributed by atoms with van der Waals surface area (Å²) in [6, 6.07) is -0.833. The van der Waals surface area contributed by atoms with Crippen molar-refractivity contribution in [2.75, 3.05) is 6.54 Å². The summed E-state index contributed by atoms with van der Waals surface area (Å²) in [6.45, 7) is 10.2. The Morgan fingerprint density at radius 2 is 2.00 bits per heavy atom. The van der Waals surface area contributed by atoms with Gasteiger partial charge in [0.25, 0.3) is 0 Å². The van der Waals surface area contributed by atoms with Gasteiger partial charge in [-0.25, -0.2) is 4.79 Å². The number of carbonyl (C=O) groups excluding carboxylic acids is 1. The quantitative estimate of drug-likeness (QED) is 0.430. The number of amides is 2. The SMILES string of the molecule is C=CCCNC(=C)C.NC(N)=O. The molecule has 0 aliphatic heterocycles. The van der Waals surface area contributed by atoms with E-state index < -0.39 is 6.03 Å². The first-order valence-electron chi connectivity index (χ1n) is 3.56. The van der Waals surface area contributed by atoms with Gasteiger partial charge >= 0.3 is 6.03 Å². The van der Waals surface area contributed by atoms with Gasteiger partial charge in [-0.05, 0) is 13.3 Å². The van der Waals surface area contributed by atoms with Gasteiger partial charge < -0.3 is 16.8 Å². The summed E-state index contributed by atoms with van der Waals surface area (Å²) in [4.78, 5) is 9.00. The van der Waals surface area contributed by atoms with Crippen LogP contribution in [0, 0.1) is 0 Å². The Morgan fingerprint density at radius 3 is 2.25 bits per heavy atom. The molecule has 0 radical (unpaired) electrons. The Morgan fingerprint density at radius 1 is 1.58 bits per heavy atom. The van der Waals surface area contributed by atoms with E-state index >= 15 is 0 Å². The highest BCUT2D eigenvalue weighted by atomic mass is 16.2. The molecule has 0 aromatic carbocycles. The van der Waals surface area contributed by atoms with Crippen LogP contribution in [0.25, 0.3) is 0 Å². The molecule has 0 atom stereocenters. The minimum Gasteiger partial charge on any atom is -0.389 e. The first kappa shape index (κ1) is 13.2. The molecule has 0 bridgehead atoms. The summed E-state index contributed by atoms with van der Waals surface area (Å²) in [5, 5.41) is 3.08. The van der Waals surface area contributed by atoms with Crippen LogP contribution in [0.2, 0.25) is 0 Å². The third kappa shape index (κ3) is 38.7. The molecule has 4 heteroatoms. The molecule has 0 aliphatic carbocycles. The third-order valence-electron chi connectivity index (χ3n) is 0.775. The van der Waals surface area contributed by atoms with E-state index in [1.807, 2.05) is 13.0 Å². The number of allylic oxidation sites excluding steroid dienone is 1. The van der Waals surface area contributed by atoms with Gasteiger partial charge in [0.15, 0.2) is 0 Å². The minimum absolute atomic E-state index is 0.833. The average molecular weight is 171 g/mol. The van der Waals surface area contributed by atoms with Gasteiger partial charge in [-0.15, -0.1) is 6.58 Å². The number of rotatable bonds is 4. The van der Waals surface area contributed by atoms with Crippen molar-refractivity contribution >= 4 is 6.03 Å². The first-order valence-corrected chi connectivity index (χ1v) is 3.56. The minimum atomic E-state index is -0.833. The van der Waals surface area contributed by atoms with Crippen LogP contribution < -0.4 is 16.8 Å². The maximum absolute atomic E-state index is 9.00. The summed E-state index contributed by atoms with van der Waals surface area (Å²) in [7, 11) is 0. The van der Waals surface area contributed by atoms with Gasteiger partial charge in [0.2, 0.25) is 0 Å². The van der Waals surface area contributed by atoms with Crippen molar-refractivity contribution in [1.82, 2.24) is 5.32 Å². The van der Waals surface area contributed by atoms with Crippen LogP contribution in [-0.2, 0) is 0 Å². The Balaban J connectivity index is 0. The van der Waals surface area contributed by atoms with Crippen LogP contribution in [0.3, 0.4) is 0 Å². The number of hydrogen-bond donors (Lipinski definition) is 3. The molecule has 0 rings (SSSR count). The first-order chi connectivity index (χ1) is 5.50. The Kier molecular flexibility index (Phi) is 10.5. The second kappa shape index (κ2) is 9.55. The van der Waals surface area contributed by atoms with Gasteiger partial charge in [-0.3, -0.25) is 0 Å². The van der Waals surface area contributed by atoms with Crippen LogP contribution in [0.1, 0.15) is 13.3 Å². The smallest absolute Gasteiger partial charge is 0.309 e. The Hall–Kier alpha value is -1.45. The monoisotopic (exact) mass is 171 g/mol. The molecular weight excluding hydrogens is 154 g/mol. The van der Waals surface area contributed by atoms with Crippen molar-refractivity contribution in [2.45, 2.75) is 13.3 Å². The summed E-state index contributed by atoms with van der Waals surface area (Å²) in [5.41, 5.74) is 9.52. The zero-order chi connectivity index (χ0) is 9.98. The highest BCUT2D eigenvalue weighted by molar-refractivity contribution is 5.69. The fourth-order valence-electron chi connectivity index (χ4n) is 0.388. The largest absolute Gasteiger partial charge is 0.389 e. The molecule has 0 aliphatic rings. The van der Waals surface area contributed by atoms with E-state index in [1.54, 1.807) is 0 Å². The third-order valence-corrected chi connectivity index (χ3v) is 0.775. The molecular formula is C8H17N3O. The molecule has 0 spiro atoms. The molecule has 4 nitrogen and oxygen atoms in total. The van der Waals surface area contributed by atoms with Crippen LogP contribution >= 0.6 is 0 Å². The normalized spacial score (nSPS) is 7.42. The number of nitrogens with two attached hydrogens (primary N) is 2. The van der Waals surface area contributed by atoms with E-state index in [4.69, 9.17) is 4.79 Å². The predicted molar refractivity (Wildman–Crippen MR) is 51.4 cm³/mol. The second-order valence-electron chi connectivity index (χ2n) is 2.19. The van der Waals surface area contributed by atoms with Gasteiger partial charge in [0.05, 0.1) is 0 Å². The van der Waals surface area contributed by atoms with Gasteiger partial charge in [-0.2, -0.15) is 0 Å². The Labute approximate surface area is 73.3 Å². The summed E-state index contributed by atoms with van der Waals surface area (Å²) in [5.74, 6) is 0. The average Bonchev–Trinajstić information content (AvgIpc) is 1.86. The standard InChI is InChI=1S/C7H13N.CH4N2O/c1-4-5-6-8-7(2)3;2-1(3)4/h4,8H,1-2,5-6H2,3H3;(H4,2,3,4). The predicted octanol–water partition coefficient (Wildman–Crippen LogP) is 0.710. The lowest BCUT2D eigenvalue weighted by atomic mass is 10.4. The lowest BCUT2D eigenvalue weighted by Gasteiger charge is -1.99. The molecule has 0 fully saturated rings. The molecule has 0 unspecified atom stereocenters. The van der Waals surface area contributed by atoms with Crippen molar-refractivity contribution in [2.24, 2.45) is 11.5 Å². The number of nitrogens with one attached hydrogen (secondary N) is 1. The summed E-state index contributed by atoms with van der Waals surface area (Å²) < 4.78 is 0. The van der Waals surface area contributed by atoms with Crippen molar-refractivity contribution in [3.05, 3.63) is 24.9 Å². The zero-order valence-corrected chi connectivity index (χ0v) is 7.47. The van der Waals surface area contributed by atoms with E-state index in [9.17, 15) is 0 Å². The fraction of sp³-hybridized carbons (Fsp3) is 0.375. The van der Waals surface area contributed by atoms with Gasteiger partial charge in [0.1, 0.15) is 0 Å². The molecule has 0 aromatic rings. The molecule has 5 N–H and O–H groups in total. The molecule has 0 saturated carbocycles. The molecule has 0 saturated heterocycles. The number of primary amides is 2. The van der Waals surface area contributed by atoms with E-state index in [0.717, 1.165) is 18.7 Å². The lowest BCUT2D eigenvalue weighted by Crippen LogP contribution is -2.18. The second-order valence-corrected chi connectivity index (χ2v) is 2.19. The zero-order valence-electron chi connectivity index (χ0n) is 7.47. The van der Waals surface area contributed by atoms with E-state index in [-0.39, 0.29) is 0 Å². The summed E-state index contributed by atoms with van der Waals surface area (Å²) in [6.07, 6.45) is 2.89. The van der Waals surface area contributed by atoms with E-state index in [0.29, 0.717) is 0 Å². The number of hydrogen-bond acceptors (Lipinski definition) is 2. The molecule has 70 valence electrons. The highest BCUT2D eigenvalue weighted by Gasteiger charge is 1.78. The van der Waals surface area contributed by atoms with Crippen LogP contribution in [-0.4, -0.2) is 12.6 Å².